The van der Waals surface area contributed by atoms with E-state index in [1.165, 1.54) is 18.4 Å². The van der Waals surface area contributed by atoms with Gasteiger partial charge in [-0.3, -0.25) is 4.90 Å². The molecular formula is C16H25ClN2O. The van der Waals surface area contributed by atoms with Gasteiger partial charge in [0.05, 0.1) is 6.61 Å². The molecule has 0 aromatic heterocycles. The Morgan fingerprint density at radius 1 is 1.25 bits per heavy atom. The first-order chi connectivity index (χ1) is 9.31. The molecule has 3 rings (SSSR count). The molecule has 1 aliphatic heterocycles. The minimum atomic E-state index is 0. The summed E-state index contributed by atoms with van der Waals surface area (Å²) in [5, 5.41) is 3.43. The maximum atomic E-state index is 5.77. The third kappa shape index (κ3) is 4.37. The molecule has 0 amide bonds. The molecule has 0 spiro atoms. The van der Waals surface area contributed by atoms with Gasteiger partial charge in [-0.2, -0.15) is 0 Å². The Hall–Kier alpha value is -0.770. The van der Waals surface area contributed by atoms with E-state index >= 15 is 0 Å². The number of nitrogens with zero attached hydrogens (tertiary/aromatic N) is 1. The van der Waals surface area contributed by atoms with Gasteiger partial charge in [-0.1, -0.05) is 12.1 Å². The Labute approximate surface area is 128 Å². The number of hydrogen-bond acceptors (Lipinski definition) is 3. The normalized spacial score (nSPS) is 23.1. The maximum absolute atomic E-state index is 5.77. The van der Waals surface area contributed by atoms with Crippen LogP contribution in [0, 0.1) is 5.92 Å². The Bertz CT molecular complexity index is 405. The predicted octanol–water partition coefficient (Wildman–Crippen LogP) is 2.69. The van der Waals surface area contributed by atoms with Crippen molar-refractivity contribution in [3.8, 4) is 5.75 Å². The number of rotatable bonds is 5. The highest BCUT2D eigenvalue weighted by Crippen LogP contribution is 2.29. The van der Waals surface area contributed by atoms with Gasteiger partial charge in [0.15, 0.2) is 0 Å². The molecule has 1 saturated heterocycles. The second-order valence-electron chi connectivity index (χ2n) is 5.92. The quantitative estimate of drug-likeness (QED) is 0.904. The smallest absolute Gasteiger partial charge is 0.119 e. The lowest BCUT2D eigenvalue weighted by Crippen LogP contribution is -2.49. The first kappa shape index (κ1) is 15.6. The summed E-state index contributed by atoms with van der Waals surface area (Å²) >= 11 is 0. The number of piperazine rings is 1. The van der Waals surface area contributed by atoms with E-state index in [9.17, 15) is 0 Å². The summed E-state index contributed by atoms with van der Waals surface area (Å²) in [7, 11) is 0. The van der Waals surface area contributed by atoms with Crippen LogP contribution < -0.4 is 10.1 Å². The van der Waals surface area contributed by atoms with Crippen LogP contribution in [-0.4, -0.2) is 37.2 Å². The fourth-order valence-electron chi connectivity index (χ4n) is 2.54. The molecule has 4 heteroatoms. The van der Waals surface area contributed by atoms with E-state index < -0.39 is 0 Å². The third-order valence-electron chi connectivity index (χ3n) is 4.13. The molecule has 1 saturated carbocycles. The van der Waals surface area contributed by atoms with Gasteiger partial charge < -0.3 is 10.1 Å². The van der Waals surface area contributed by atoms with Gasteiger partial charge in [0.2, 0.25) is 0 Å². The highest BCUT2D eigenvalue weighted by molar-refractivity contribution is 5.85. The summed E-state index contributed by atoms with van der Waals surface area (Å²) in [6.45, 7) is 7.58. The first-order valence-corrected chi connectivity index (χ1v) is 7.48. The number of benzene rings is 1. The monoisotopic (exact) mass is 296 g/mol. The molecular weight excluding hydrogens is 272 g/mol. The largest absolute Gasteiger partial charge is 0.493 e. The summed E-state index contributed by atoms with van der Waals surface area (Å²) in [4.78, 5) is 2.54. The molecule has 2 aliphatic rings. The third-order valence-corrected chi connectivity index (χ3v) is 4.13. The zero-order valence-electron chi connectivity index (χ0n) is 12.2. The number of hydrogen-bond donors (Lipinski definition) is 1. The van der Waals surface area contributed by atoms with Crippen molar-refractivity contribution in [1.29, 1.82) is 0 Å². The van der Waals surface area contributed by atoms with Gasteiger partial charge in [-0.05, 0) is 43.4 Å². The number of ether oxygens (including phenoxy) is 1. The van der Waals surface area contributed by atoms with Crippen LogP contribution in [0.3, 0.4) is 0 Å². The van der Waals surface area contributed by atoms with E-state index in [1.807, 2.05) is 0 Å². The lowest BCUT2D eigenvalue weighted by atomic mass is 10.1. The first-order valence-electron chi connectivity index (χ1n) is 7.48. The van der Waals surface area contributed by atoms with Crippen molar-refractivity contribution < 1.29 is 4.74 Å². The molecule has 1 N–H and O–H groups in total. The summed E-state index contributed by atoms with van der Waals surface area (Å²) in [5.74, 6) is 1.84. The Morgan fingerprint density at radius 3 is 2.65 bits per heavy atom. The van der Waals surface area contributed by atoms with Gasteiger partial charge in [-0.15, -0.1) is 12.4 Å². The van der Waals surface area contributed by atoms with Crippen molar-refractivity contribution in [2.24, 2.45) is 5.92 Å². The van der Waals surface area contributed by atoms with Crippen LogP contribution in [0.4, 0.5) is 0 Å². The molecule has 0 bridgehead atoms. The summed E-state index contributed by atoms with van der Waals surface area (Å²) in [6, 6.07) is 9.27. The van der Waals surface area contributed by atoms with Crippen LogP contribution in [0.5, 0.6) is 5.75 Å². The average Bonchev–Trinajstić information content (AvgIpc) is 3.25. The van der Waals surface area contributed by atoms with Gasteiger partial charge in [-0.25, -0.2) is 0 Å². The number of nitrogens with one attached hydrogen (secondary N) is 1. The van der Waals surface area contributed by atoms with E-state index in [-0.39, 0.29) is 12.4 Å². The molecule has 1 aromatic rings. The average molecular weight is 297 g/mol. The highest BCUT2D eigenvalue weighted by atomic mass is 35.5. The van der Waals surface area contributed by atoms with Crippen molar-refractivity contribution >= 4 is 12.4 Å². The predicted molar refractivity (Wildman–Crippen MR) is 84.7 cm³/mol. The van der Waals surface area contributed by atoms with Crippen molar-refractivity contribution in [2.45, 2.75) is 32.4 Å². The summed E-state index contributed by atoms with van der Waals surface area (Å²) in [5.41, 5.74) is 1.38. The molecule has 2 fully saturated rings. The van der Waals surface area contributed by atoms with Crippen LogP contribution in [0.2, 0.25) is 0 Å². The zero-order valence-corrected chi connectivity index (χ0v) is 13.0. The maximum Gasteiger partial charge on any atom is 0.119 e. The fraction of sp³-hybridized carbons (Fsp3) is 0.625. The van der Waals surface area contributed by atoms with E-state index in [1.54, 1.807) is 0 Å². The van der Waals surface area contributed by atoms with Crippen LogP contribution >= 0.6 is 12.4 Å². The minimum absolute atomic E-state index is 0. The fourth-order valence-corrected chi connectivity index (χ4v) is 2.54. The molecule has 112 valence electrons. The lowest BCUT2D eigenvalue weighted by molar-refractivity contribution is 0.165. The number of halogens is 1. The summed E-state index contributed by atoms with van der Waals surface area (Å²) in [6.07, 6.45) is 2.69. The van der Waals surface area contributed by atoms with E-state index in [0.29, 0.717) is 6.04 Å². The Balaban J connectivity index is 0.00000147. The van der Waals surface area contributed by atoms with E-state index in [0.717, 1.165) is 44.5 Å². The van der Waals surface area contributed by atoms with Crippen molar-refractivity contribution in [3.63, 3.8) is 0 Å². The molecule has 1 heterocycles. The summed E-state index contributed by atoms with van der Waals surface area (Å²) < 4.78 is 5.77. The lowest BCUT2D eigenvalue weighted by Gasteiger charge is -2.33. The van der Waals surface area contributed by atoms with Crippen LogP contribution in [0.1, 0.15) is 25.3 Å². The molecule has 1 aliphatic carbocycles. The van der Waals surface area contributed by atoms with Crippen molar-refractivity contribution in [2.75, 3.05) is 26.2 Å². The molecule has 20 heavy (non-hydrogen) atoms. The second kappa shape index (κ2) is 7.30. The second-order valence-corrected chi connectivity index (χ2v) is 5.92. The SMILES string of the molecule is C[C@H]1CNCCN1Cc1ccc(OCC2CC2)cc1.Cl. The molecule has 1 atom stereocenters. The topological polar surface area (TPSA) is 24.5 Å². The zero-order chi connectivity index (χ0) is 13.1. The molecule has 1 aromatic carbocycles. The molecule has 3 nitrogen and oxygen atoms in total. The Morgan fingerprint density at radius 2 is 2.00 bits per heavy atom. The molecule has 0 radical (unpaired) electrons. The molecule has 0 unspecified atom stereocenters. The Kier molecular flexibility index (Phi) is 5.70. The van der Waals surface area contributed by atoms with Crippen LogP contribution in [0.25, 0.3) is 0 Å². The van der Waals surface area contributed by atoms with Gasteiger partial charge in [0.25, 0.3) is 0 Å². The van der Waals surface area contributed by atoms with E-state index in [2.05, 4.69) is 41.4 Å². The van der Waals surface area contributed by atoms with Gasteiger partial charge in [0.1, 0.15) is 5.75 Å². The standard InChI is InChI=1S/C16H24N2O.ClH/c1-13-10-17-8-9-18(13)11-14-4-6-16(7-5-14)19-12-15-2-3-15;/h4-7,13,15,17H,2-3,8-12H2,1H3;1H/t13-;/m0./s1. The van der Waals surface area contributed by atoms with Crippen molar-refractivity contribution in [3.05, 3.63) is 29.8 Å². The van der Waals surface area contributed by atoms with Crippen LogP contribution in [-0.2, 0) is 6.54 Å². The van der Waals surface area contributed by atoms with E-state index in [4.69, 9.17) is 4.74 Å². The van der Waals surface area contributed by atoms with Gasteiger partial charge >= 0.3 is 0 Å². The van der Waals surface area contributed by atoms with Crippen LogP contribution in [0.15, 0.2) is 24.3 Å². The highest BCUT2D eigenvalue weighted by Gasteiger charge is 2.22. The minimum Gasteiger partial charge on any atom is -0.493 e. The van der Waals surface area contributed by atoms with Crippen molar-refractivity contribution in [1.82, 2.24) is 10.2 Å². The van der Waals surface area contributed by atoms with Gasteiger partial charge in [0, 0.05) is 32.2 Å².